The van der Waals surface area contributed by atoms with Crippen LogP contribution in [0, 0.1) is 0 Å². The quantitative estimate of drug-likeness (QED) is 0.729. The number of aromatic nitrogens is 2. The smallest absolute Gasteiger partial charge is 0.258 e. The van der Waals surface area contributed by atoms with Gasteiger partial charge in [0.05, 0.1) is 0 Å². The zero-order valence-corrected chi connectivity index (χ0v) is 15.8. The molecule has 1 aliphatic heterocycles. The fraction of sp³-hybridized carbons (Fsp3) is 0.227. The second-order valence-electron chi connectivity index (χ2n) is 7.30. The number of nitrogens with one attached hydrogen (secondary N) is 1. The summed E-state index contributed by atoms with van der Waals surface area (Å²) in [7, 11) is 0. The highest BCUT2D eigenvalue weighted by atomic mass is 16.5. The molecular weight excluding hydrogens is 354 g/mol. The van der Waals surface area contributed by atoms with Gasteiger partial charge in [-0.15, -0.1) is 0 Å². The van der Waals surface area contributed by atoms with Crippen molar-refractivity contribution < 1.29 is 14.3 Å². The second kappa shape index (κ2) is 7.31. The molecule has 0 radical (unpaired) electrons. The summed E-state index contributed by atoms with van der Waals surface area (Å²) < 4.78 is 12.0. The zero-order chi connectivity index (χ0) is 19.6. The molecule has 4 rings (SSSR count). The number of ether oxygens (including phenoxy) is 2. The van der Waals surface area contributed by atoms with Crippen LogP contribution in [-0.4, -0.2) is 21.5 Å². The highest BCUT2D eigenvalue weighted by Gasteiger charge is 2.32. The van der Waals surface area contributed by atoms with Gasteiger partial charge in [0.2, 0.25) is 5.95 Å². The predicted molar refractivity (Wildman–Crippen MR) is 106 cm³/mol. The molecule has 1 N–H and O–H groups in total. The first kappa shape index (κ1) is 18.0. The Morgan fingerprint density at radius 1 is 1.11 bits per heavy atom. The highest BCUT2D eigenvalue weighted by Crippen LogP contribution is 2.41. The Morgan fingerprint density at radius 3 is 2.61 bits per heavy atom. The summed E-state index contributed by atoms with van der Waals surface area (Å²) in [5.41, 5.74) is 2.45. The molecule has 0 fully saturated rings. The van der Waals surface area contributed by atoms with Gasteiger partial charge in [0.15, 0.2) is 11.5 Å². The normalized spacial score (nSPS) is 14.1. The van der Waals surface area contributed by atoms with Crippen molar-refractivity contribution in [2.24, 2.45) is 0 Å². The third-order valence-electron chi connectivity index (χ3n) is 4.46. The number of carbonyl (C=O) groups is 1. The second-order valence-corrected chi connectivity index (χ2v) is 7.30. The number of fused-ring (bicyclic) bond motifs is 1. The predicted octanol–water partition coefficient (Wildman–Crippen LogP) is 4.02. The minimum atomic E-state index is -0.254. The fourth-order valence-corrected chi connectivity index (χ4v) is 3.15. The molecule has 0 bridgehead atoms. The van der Waals surface area contributed by atoms with Gasteiger partial charge < -0.3 is 9.47 Å². The summed E-state index contributed by atoms with van der Waals surface area (Å²) >= 11 is 0. The summed E-state index contributed by atoms with van der Waals surface area (Å²) in [5.74, 6) is 1.59. The molecule has 142 valence electrons. The lowest BCUT2D eigenvalue weighted by molar-refractivity contribution is 0.102. The molecule has 0 saturated carbocycles. The molecule has 1 aromatic heterocycles. The van der Waals surface area contributed by atoms with Crippen LogP contribution in [0.25, 0.3) is 0 Å². The Labute approximate surface area is 163 Å². The van der Waals surface area contributed by atoms with Crippen molar-refractivity contribution in [3.05, 3.63) is 77.6 Å². The van der Waals surface area contributed by atoms with E-state index < -0.39 is 0 Å². The molecule has 1 aliphatic rings. The molecule has 0 spiro atoms. The van der Waals surface area contributed by atoms with E-state index in [1.165, 1.54) is 0 Å². The van der Waals surface area contributed by atoms with Crippen LogP contribution in [0.5, 0.6) is 11.5 Å². The van der Waals surface area contributed by atoms with E-state index >= 15 is 0 Å². The first-order valence-corrected chi connectivity index (χ1v) is 9.11. The van der Waals surface area contributed by atoms with Crippen LogP contribution in [0.2, 0.25) is 0 Å². The van der Waals surface area contributed by atoms with Crippen molar-refractivity contribution in [1.82, 2.24) is 9.97 Å². The highest BCUT2D eigenvalue weighted by molar-refractivity contribution is 6.03. The molecule has 0 saturated heterocycles. The van der Waals surface area contributed by atoms with E-state index in [-0.39, 0.29) is 17.5 Å². The van der Waals surface area contributed by atoms with Gasteiger partial charge in [-0.3, -0.25) is 10.1 Å². The van der Waals surface area contributed by atoms with Crippen LogP contribution in [0.3, 0.4) is 0 Å². The van der Waals surface area contributed by atoms with Gasteiger partial charge in [0.25, 0.3) is 5.91 Å². The Balaban J connectivity index is 1.40. The monoisotopic (exact) mass is 375 g/mol. The fourth-order valence-electron chi connectivity index (χ4n) is 3.15. The summed E-state index contributed by atoms with van der Waals surface area (Å²) in [6.07, 6.45) is 4.02. The Bertz CT molecular complexity index is 986. The standard InChI is InChI=1S/C22H21N3O3/c1-22(2)13-17-5-3-6-18(19(17)28-22)27-14-15-7-9-16(10-8-15)20(26)25-21-23-11-4-12-24-21/h3-12H,13-14H2,1-2H3,(H,23,24,25,26). The van der Waals surface area contributed by atoms with Crippen LogP contribution >= 0.6 is 0 Å². The third kappa shape index (κ3) is 3.96. The first-order chi connectivity index (χ1) is 13.5. The van der Waals surface area contributed by atoms with Crippen LogP contribution in [0.1, 0.15) is 35.3 Å². The maximum atomic E-state index is 12.3. The number of amides is 1. The van der Waals surface area contributed by atoms with Crippen LogP contribution < -0.4 is 14.8 Å². The van der Waals surface area contributed by atoms with Crippen LogP contribution in [-0.2, 0) is 13.0 Å². The SMILES string of the molecule is CC1(C)Cc2cccc(OCc3ccc(C(=O)Nc4ncccn4)cc3)c2O1. The molecule has 6 heteroatoms. The summed E-state index contributed by atoms with van der Waals surface area (Å²) in [6, 6.07) is 14.9. The van der Waals surface area contributed by atoms with Gasteiger partial charge in [0.1, 0.15) is 12.2 Å². The number of anilines is 1. The Kier molecular flexibility index (Phi) is 4.69. The number of nitrogens with zero attached hydrogens (tertiary/aromatic N) is 2. The van der Waals surface area contributed by atoms with Gasteiger partial charge in [-0.05, 0) is 43.7 Å². The van der Waals surface area contributed by atoms with E-state index in [1.807, 2.05) is 24.3 Å². The lowest BCUT2D eigenvalue weighted by Gasteiger charge is -2.18. The molecule has 0 aliphatic carbocycles. The zero-order valence-electron chi connectivity index (χ0n) is 15.8. The van der Waals surface area contributed by atoms with E-state index in [1.54, 1.807) is 30.6 Å². The van der Waals surface area contributed by atoms with Crippen molar-refractivity contribution >= 4 is 11.9 Å². The van der Waals surface area contributed by atoms with E-state index in [0.717, 1.165) is 29.0 Å². The van der Waals surface area contributed by atoms with Gasteiger partial charge in [-0.25, -0.2) is 9.97 Å². The minimum absolute atomic E-state index is 0.209. The molecular formula is C22H21N3O3. The van der Waals surface area contributed by atoms with Gasteiger partial charge >= 0.3 is 0 Å². The van der Waals surface area contributed by atoms with E-state index in [4.69, 9.17) is 9.47 Å². The van der Waals surface area contributed by atoms with Gasteiger partial charge in [0, 0.05) is 29.9 Å². The largest absolute Gasteiger partial charge is 0.485 e. The van der Waals surface area contributed by atoms with Crippen molar-refractivity contribution in [3.63, 3.8) is 0 Å². The molecule has 6 nitrogen and oxygen atoms in total. The van der Waals surface area contributed by atoms with Gasteiger partial charge in [-0.1, -0.05) is 24.3 Å². The average Bonchev–Trinajstić information content (AvgIpc) is 3.02. The van der Waals surface area contributed by atoms with Crippen molar-refractivity contribution in [2.75, 3.05) is 5.32 Å². The van der Waals surface area contributed by atoms with Gasteiger partial charge in [-0.2, -0.15) is 0 Å². The minimum Gasteiger partial charge on any atom is -0.485 e. The molecule has 0 atom stereocenters. The van der Waals surface area contributed by atoms with Crippen molar-refractivity contribution in [2.45, 2.75) is 32.5 Å². The molecule has 2 heterocycles. The number of para-hydroxylation sites is 1. The number of hydrogen-bond acceptors (Lipinski definition) is 5. The van der Waals surface area contributed by atoms with E-state index in [0.29, 0.717) is 12.2 Å². The molecule has 0 unspecified atom stereocenters. The number of carbonyl (C=O) groups excluding carboxylic acids is 1. The Morgan fingerprint density at radius 2 is 1.86 bits per heavy atom. The maximum absolute atomic E-state index is 12.3. The topological polar surface area (TPSA) is 73.3 Å². The molecule has 2 aromatic carbocycles. The van der Waals surface area contributed by atoms with Crippen LogP contribution in [0.15, 0.2) is 60.9 Å². The average molecular weight is 375 g/mol. The number of hydrogen-bond donors (Lipinski definition) is 1. The lowest BCUT2D eigenvalue weighted by atomic mass is 10.0. The molecule has 3 aromatic rings. The number of benzene rings is 2. The Hall–Kier alpha value is -3.41. The van der Waals surface area contributed by atoms with E-state index in [2.05, 4.69) is 35.2 Å². The maximum Gasteiger partial charge on any atom is 0.258 e. The summed E-state index contributed by atoms with van der Waals surface area (Å²) in [6.45, 7) is 4.53. The summed E-state index contributed by atoms with van der Waals surface area (Å²) in [5, 5.41) is 2.66. The lowest BCUT2D eigenvalue weighted by Crippen LogP contribution is -2.24. The number of rotatable bonds is 5. The first-order valence-electron chi connectivity index (χ1n) is 9.11. The molecule has 1 amide bonds. The van der Waals surface area contributed by atoms with E-state index in [9.17, 15) is 4.79 Å². The molecule has 28 heavy (non-hydrogen) atoms. The van der Waals surface area contributed by atoms with Crippen LogP contribution in [0.4, 0.5) is 5.95 Å². The van der Waals surface area contributed by atoms with Crippen molar-refractivity contribution in [1.29, 1.82) is 0 Å². The van der Waals surface area contributed by atoms with Crippen molar-refractivity contribution in [3.8, 4) is 11.5 Å². The summed E-state index contributed by atoms with van der Waals surface area (Å²) in [4.78, 5) is 20.2. The third-order valence-corrected chi connectivity index (χ3v) is 4.46.